The summed E-state index contributed by atoms with van der Waals surface area (Å²) in [6.07, 6.45) is 2.58. The number of rotatable bonds is 3. The SMILES string of the molecule is CCN1CCC(CN2CCC(N)C(C)C2)C1. The fourth-order valence-corrected chi connectivity index (χ4v) is 3.13. The lowest BCUT2D eigenvalue weighted by atomic mass is 9.94. The number of hydrogen-bond donors (Lipinski definition) is 1. The van der Waals surface area contributed by atoms with E-state index in [2.05, 4.69) is 23.6 Å². The molecule has 0 bridgehead atoms. The fourth-order valence-electron chi connectivity index (χ4n) is 3.13. The molecular formula is C13H27N3. The van der Waals surface area contributed by atoms with Gasteiger partial charge in [0.05, 0.1) is 0 Å². The molecule has 2 aliphatic heterocycles. The number of likely N-dealkylation sites (tertiary alicyclic amines) is 2. The molecule has 2 saturated heterocycles. The highest BCUT2D eigenvalue weighted by molar-refractivity contribution is 4.83. The summed E-state index contributed by atoms with van der Waals surface area (Å²) >= 11 is 0. The molecule has 0 saturated carbocycles. The largest absolute Gasteiger partial charge is 0.327 e. The van der Waals surface area contributed by atoms with Crippen LogP contribution in [0, 0.1) is 11.8 Å². The standard InChI is InChI=1S/C13H27N3/c1-3-15-6-4-12(9-15)10-16-7-5-13(14)11(2)8-16/h11-13H,3-10,14H2,1-2H3. The van der Waals surface area contributed by atoms with Crippen molar-refractivity contribution < 1.29 is 0 Å². The Bertz CT molecular complexity index is 219. The first-order valence-electron chi connectivity index (χ1n) is 6.89. The third kappa shape index (κ3) is 2.96. The summed E-state index contributed by atoms with van der Waals surface area (Å²) in [4.78, 5) is 5.21. The molecule has 94 valence electrons. The van der Waals surface area contributed by atoms with Crippen LogP contribution in [-0.2, 0) is 0 Å². The maximum atomic E-state index is 6.06. The summed E-state index contributed by atoms with van der Waals surface area (Å²) in [5.74, 6) is 1.58. The molecule has 2 rings (SSSR count). The number of nitrogens with zero attached hydrogens (tertiary/aromatic N) is 2. The van der Waals surface area contributed by atoms with E-state index in [0.717, 1.165) is 5.92 Å². The van der Waals surface area contributed by atoms with Gasteiger partial charge in [0.15, 0.2) is 0 Å². The van der Waals surface area contributed by atoms with Crippen LogP contribution in [0.25, 0.3) is 0 Å². The van der Waals surface area contributed by atoms with Gasteiger partial charge in [0.2, 0.25) is 0 Å². The molecule has 0 aromatic rings. The van der Waals surface area contributed by atoms with Gasteiger partial charge in [0, 0.05) is 25.7 Å². The van der Waals surface area contributed by atoms with Crippen molar-refractivity contribution in [2.75, 3.05) is 39.3 Å². The van der Waals surface area contributed by atoms with Crippen LogP contribution in [-0.4, -0.2) is 55.1 Å². The second kappa shape index (κ2) is 5.48. The van der Waals surface area contributed by atoms with Crippen LogP contribution in [0.4, 0.5) is 0 Å². The van der Waals surface area contributed by atoms with Gasteiger partial charge in [0.1, 0.15) is 0 Å². The van der Waals surface area contributed by atoms with Gasteiger partial charge in [-0.15, -0.1) is 0 Å². The third-order valence-electron chi connectivity index (χ3n) is 4.39. The van der Waals surface area contributed by atoms with Crippen LogP contribution in [0.3, 0.4) is 0 Å². The van der Waals surface area contributed by atoms with Crippen LogP contribution < -0.4 is 5.73 Å². The third-order valence-corrected chi connectivity index (χ3v) is 4.39. The van der Waals surface area contributed by atoms with Crippen LogP contribution in [0.15, 0.2) is 0 Å². The molecule has 0 aromatic carbocycles. The normalized spacial score (nSPS) is 38.1. The minimum atomic E-state index is 0.437. The van der Waals surface area contributed by atoms with E-state index in [4.69, 9.17) is 5.73 Å². The fraction of sp³-hybridized carbons (Fsp3) is 1.00. The quantitative estimate of drug-likeness (QED) is 0.778. The van der Waals surface area contributed by atoms with E-state index >= 15 is 0 Å². The first kappa shape index (κ1) is 12.3. The average Bonchev–Trinajstić information content (AvgIpc) is 2.71. The highest BCUT2D eigenvalue weighted by Crippen LogP contribution is 2.21. The summed E-state index contributed by atoms with van der Waals surface area (Å²) in [6.45, 7) is 12.1. The Balaban J connectivity index is 1.74. The lowest BCUT2D eigenvalue weighted by Gasteiger charge is -2.36. The maximum Gasteiger partial charge on any atom is 0.00889 e. The van der Waals surface area contributed by atoms with Gasteiger partial charge in [-0.1, -0.05) is 13.8 Å². The van der Waals surface area contributed by atoms with Gasteiger partial charge in [0.25, 0.3) is 0 Å². The summed E-state index contributed by atoms with van der Waals surface area (Å²) in [5.41, 5.74) is 6.06. The lowest BCUT2D eigenvalue weighted by Crippen LogP contribution is -2.47. The molecule has 2 fully saturated rings. The van der Waals surface area contributed by atoms with E-state index in [9.17, 15) is 0 Å². The minimum Gasteiger partial charge on any atom is -0.327 e. The van der Waals surface area contributed by atoms with Crippen molar-refractivity contribution in [1.82, 2.24) is 9.80 Å². The minimum absolute atomic E-state index is 0.437. The molecule has 3 unspecified atom stereocenters. The summed E-state index contributed by atoms with van der Waals surface area (Å²) in [7, 11) is 0. The average molecular weight is 225 g/mol. The topological polar surface area (TPSA) is 32.5 Å². The van der Waals surface area contributed by atoms with Crippen LogP contribution >= 0.6 is 0 Å². The highest BCUT2D eigenvalue weighted by atomic mass is 15.2. The second-order valence-corrected chi connectivity index (χ2v) is 5.74. The Morgan fingerprint density at radius 2 is 1.88 bits per heavy atom. The molecule has 0 amide bonds. The van der Waals surface area contributed by atoms with Crippen molar-refractivity contribution in [3.63, 3.8) is 0 Å². The molecule has 0 radical (unpaired) electrons. The first-order chi connectivity index (χ1) is 7.69. The molecule has 2 aliphatic rings. The smallest absolute Gasteiger partial charge is 0.00889 e. The Labute approximate surface area is 100.0 Å². The molecular weight excluding hydrogens is 198 g/mol. The van der Waals surface area contributed by atoms with E-state index in [1.54, 1.807) is 0 Å². The predicted molar refractivity (Wildman–Crippen MR) is 68.4 cm³/mol. The highest BCUT2D eigenvalue weighted by Gasteiger charge is 2.27. The Hall–Kier alpha value is -0.120. The number of piperidine rings is 1. The molecule has 2 N–H and O–H groups in total. The summed E-state index contributed by atoms with van der Waals surface area (Å²) in [5, 5.41) is 0. The summed E-state index contributed by atoms with van der Waals surface area (Å²) in [6, 6.07) is 0.437. The van der Waals surface area contributed by atoms with Crippen molar-refractivity contribution in [1.29, 1.82) is 0 Å². The molecule has 0 aromatic heterocycles. The Morgan fingerprint density at radius 1 is 1.12 bits per heavy atom. The van der Waals surface area contributed by atoms with Gasteiger partial charge in [-0.2, -0.15) is 0 Å². The lowest BCUT2D eigenvalue weighted by molar-refractivity contribution is 0.143. The van der Waals surface area contributed by atoms with Crippen LogP contribution in [0.1, 0.15) is 26.7 Å². The molecule has 2 heterocycles. The van der Waals surface area contributed by atoms with Crippen molar-refractivity contribution in [2.24, 2.45) is 17.6 Å². The van der Waals surface area contributed by atoms with E-state index in [1.807, 2.05) is 0 Å². The predicted octanol–water partition coefficient (Wildman–Crippen LogP) is 0.997. The van der Waals surface area contributed by atoms with E-state index in [1.165, 1.54) is 52.1 Å². The molecule has 3 nitrogen and oxygen atoms in total. The maximum absolute atomic E-state index is 6.06. The second-order valence-electron chi connectivity index (χ2n) is 5.74. The molecule has 0 aliphatic carbocycles. The van der Waals surface area contributed by atoms with E-state index in [0.29, 0.717) is 12.0 Å². The zero-order valence-corrected chi connectivity index (χ0v) is 10.9. The Morgan fingerprint density at radius 3 is 2.50 bits per heavy atom. The van der Waals surface area contributed by atoms with Gasteiger partial charge >= 0.3 is 0 Å². The zero-order valence-electron chi connectivity index (χ0n) is 10.9. The van der Waals surface area contributed by atoms with Gasteiger partial charge in [-0.3, -0.25) is 0 Å². The van der Waals surface area contributed by atoms with Crippen LogP contribution in [0.5, 0.6) is 0 Å². The van der Waals surface area contributed by atoms with Gasteiger partial charge < -0.3 is 15.5 Å². The van der Waals surface area contributed by atoms with Crippen molar-refractivity contribution >= 4 is 0 Å². The molecule has 3 heteroatoms. The molecule has 16 heavy (non-hydrogen) atoms. The number of nitrogens with two attached hydrogens (primary N) is 1. The van der Waals surface area contributed by atoms with Gasteiger partial charge in [-0.05, 0) is 44.3 Å². The van der Waals surface area contributed by atoms with E-state index in [-0.39, 0.29) is 0 Å². The van der Waals surface area contributed by atoms with Crippen molar-refractivity contribution in [3.8, 4) is 0 Å². The van der Waals surface area contributed by atoms with Crippen molar-refractivity contribution in [3.05, 3.63) is 0 Å². The summed E-state index contributed by atoms with van der Waals surface area (Å²) < 4.78 is 0. The van der Waals surface area contributed by atoms with Crippen LogP contribution in [0.2, 0.25) is 0 Å². The van der Waals surface area contributed by atoms with E-state index < -0.39 is 0 Å². The molecule has 3 atom stereocenters. The first-order valence-corrected chi connectivity index (χ1v) is 6.89. The molecule has 0 spiro atoms. The Kier molecular flexibility index (Phi) is 4.22. The monoisotopic (exact) mass is 225 g/mol. The number of hydrogen-bond acceptors (Lipinski definition) is 3. The van der Waals surface area contributed by atoms with Crippen molar-refractivity contribution in [2.45, 2.75) is 32.7 Å². The van der Waals surface area contributed by atoms with Gasteiger partial charge in [-0.25, -0.2) is 0 Å². The zero-order chi connectivity index (χ0) is 11.5.